The Labute approximate surface area is 196 Å². The number of ether oxygens (including phenoxy) is 2. The van der Waals surface area contributed by atoms with Crippen molar-refractivity contribution in [3.63, 3.8) is 0 Å². The normalized spacial score (nSPS) is 15.2. The van der Waals surface area contributed by atoms with E-state index in [1.54, 1.807) is 43.8 Å². The minimum absolute atomic E-state index is 0.0248. The summed E-state index contributed by atoms with van der Waals surface area (Å²) in [6.07, 6.45) is 0.599. The summed E-state index contributed by atoms with van der Waals surface area (Å²) in [7, 11) is 3.18. The number of hydrazone groups is 1. The third-order valence-electron chi connectivity index (χ3n) is 5.48. The van der Waals surface area contributed by atoms with Crippen LogP contribution in [0.5, 0.6) is 11.5 Å². The molecule has 8 heteroatoms. The Bertz CT molecular complexity index is 1190. The highest BCUT2D eigenvalue weighted by Gasteiger charge is 2.33. The van der Waals surface area contributed by atoms with Crippen LogP contribution in [0, 0.1) is 0 Å². The van der Waals surface area contributed by atoms with E-state index in [-0.39, 0.29) is 24.3 Å². The molecular formula is C25H25N3O4S. The highest BCUT2D eigenvalue weighted by molar-refractivity contribution is 7.12. The molecule has 0 saturated carbocycles. The van der Waals surface area contributed by atoms with Crippen molar-refractivity contribution in [2.75, 3.05) is 26.1 Å². The number of hydrogen-bond donors (Lipinski definition) is 1. The molecule has 7 nitrogen and oxygen atoms in total. The number of methoxy groups -OCH3 is 2. The quantitative estimate of drug-likeness (QED) is 0.487. The summed E-state index contributed by atoms with van der Waals surface area (Å²) in [5.74, 6) is 1.03. The standard InChI is InChI=1S/C25H25N3O4S/c1-16(29)17-6-4-7-19(12-17)26-15-25(30)28-21(14-20(27-28)24-8-5-11-33-24)18-9-10-22(31-2)23(13-18)32-3/h4-13,21,26H,14-15H2,1-3H3/t21-/m0/s1. The van der Waals surface area contributed by atoms with Crippen LogP contribution < -0.4 is 14.8 Å². The van der Waals surface area contributed by atoms with Crippen molar-refractivity contribution in [1.29, 1.82) is 0 Å². The molecule has 1 aliphatic rings. The fraction of sp³-hybridized carbons (Fsp3) is 0.240. The van der Waals surface area contributed by atoms with Gasteiger partial charge in [0.1, 0.15) is 0 Å². The van der Waals surface area contributed by atoms with Crippen molar-refractivity contribution in [2.24, 2.45) is 5.10 Å². The molecule has 170 valence electrons. The number of thiophene rings is 1. The molecule has 0 saturated heterocycles. The molecule has 0 fully saturated rings. The molecule has 2 aromatic carbocycles. The van der Waals surface area contributed by atoms with E-state index < -0.39 is 0 Å². The number of nitrogens with zero attached hydrogens (tertiary/aromatic N) is 2. The SMILES string of the molecule is COc1ccc([C@@H]2CC(c3cccs3)=NN2C(=O)CNc2cccc(C(C)=O)c2)cc1OC. The minimum atomic E-state index is -0.264. The van der Waals surface area contributed by atoms with Gasteiger partial charge in [-0.15, -0.1) is 11.3 Å². The van der Waals surface area contributed by atoms with Crippen LogP contribution in [-0.4, -0.2) is 43.2 Å². The number of hydrogen-bond acceptors (Lipinski definition) is 7. The second kappa shape index (κ2) is 9.87. The number of anilines is 1. The molecule has 1 aliphatic heterocycles. The smallest absolute Gasteiger partial charge is 0.262 e. The zero-order valence-electron chi connectivity index (χ0n) is 18.7. The topological polar surface area (TPSA) is 80.2 Å². The van der Waals surface area contributed by atoms with Gasteiger partial charge < -0.3 is 14.8 Å². The molecule has 1 aromatic heterocycles. The molecule has 2 heterocycles. The first kappa shape index (κ1) is 22.5. The van der Waals surface area contributed by atoms with Gasteiger partial charge in [0, 0.05) is 17.7 Å². The van der Waals surface area contributed by atoms with Gasteiger partial charge in [-0.1, -0.05) is 24.3 Å². The maximum Gasteiger partial charge on any atom is 0.262 e. The largest absolute Gasteiger partial charge is 0.493 e. The Morgan fingerprint density at radius 3 is 2.61 bits per heavy atom. The average molecular weight is 464 g/mol. The van der Waals surface area contributed by atoms with E-state index in [4.69, 9.17) is 9.47 Å². The van der Waals surface area contributed by atoms with Gasteiger partial charge >= 0.3 is 0 Å². The summed E-state index contributed by atoms with van der Waals surface area (Å²) >= 11 is 1.60. The van der Waals surface area contributed by atoms with E-state index in [0.717, 1.165) is 16.2 Å². The van der Waals surface area contributed by atoms with E-state index in [0.29, 0.717) is 29.2 Å². The van der Waals surface area contributed by atoms with Gasteiger partial charge in [-0.2, -0.15) is 5.10 Å². The summed E-state index contributed by atoms with van der Waals surface area (Å²) in [5, 5.41) is 11.4. The zero-order valence-corrected chi connectivity index (χ0v) is 19.5. The summed E-state index contributed by atoms with van der Waals surface area (Å²) in [6, 6.07) is 16.5. The molecule has 3 aromatic rings. The van der Waals surface area contributed by atoms with Crippen molar-refractivity contribution < 1.29 is 19.1 Å². The van der Waals surface area contributed by atoms with Gasteiger partial charge in [0.05, 0.1) is 37.4 Å². The molecular weight excluding hydrogens is 438 g/mol. The molecule has 0 unspecified atom stereocenters. The van der Waals surface area contributed by atoms with E-state index >= 15 is 0 Å². The lowest BCUT2D eigenvalue weighted by Gasteiger charge is -2.23. The van der Waals surface area contributed by atoms with Crippen LogP contribution in [0.2, 0.25) is 0 Å². The molecule has 1 amide bonds. The number of amides is 1. The molecule has 4 rings (SSSR count). The van der Waals surface area contributed by atoms with E-state index in [1.807, 2.05) is 41.8 Å². The maximum atomic E-state index is 13.3. The zero-order chi connectivity index (χ0) is 23.4. The number of carbonyl (C=O) groups is 2. The lowest BCUT2D eigenvalue weighted by atomic mass is 10.0. The highest BCUT2D eigenvalue weighted by Crippen LogP contribution is 2.37. The molecule has 0 bridgehead atoms. The van der Waals surface area contributed by atoms with Gasteiger partial charge in [-0.3, -0.25) is 9.59 Å². The molecule has 1 atom stereocenters. The van der Waals surface area contributed by atoms with Crippen molar-refractivity contribution >= 4 is 34.4 Å². The Balaban J connectivity index is 1.58. The van der Waals surface area contributed by atoms with Crippen LogP contribution in [-0.2, 0) is 4.79 Å². The monoisotopic (exact) mass is 463 g/mol. The Morgan fingerprint density at radius 1 is 1.09 bits per heavy atom. The van der Waals surface area contributed by atoms with Crippen LogP contribution in [0.1, 0.15) is 40.2 Å². The van der Waals surface area contributed by atoms with Crippen LogP contribution in [0.4, 0.5) is 5.69 Å². The number of carbonyl (C=O) groups excluding carboxylic acids is 2. The highest BCUT2D eigenvalue weighted by atomic mass is 32.1. The van der Waals surface area contributed by atoms with E-state index in [1.165, 1.54) is 11.9 Å². The number of ketones is 1. The molecule has 0 aliphatic carbocycles. The summed E-state index contributed by atoms with van der Waals surface area (Å²) in [4.78, 5) is 25.9. The van der Waals surface area contributed by atoms with Crippen LogP contribution in [0.25, 0.3) is 0 Å². The minimum Gasteiger partial charge on any atom is -0.493 e. The van der Waals surface area contributed by atoms with Gasteiger partial charge in [-0.25, -0.2) is 5.01 Å². The second-order valence-electron chi connectivity index (χ2n) is 7.59. The van der Waals surface area contributed by atoms with Gasteiger partial charge in [0.15, 0.2) is 17.3 Å². The number of benzene rings is 2. The molecule has 33 heavy (non-hydrogen) atoms. The maximum absolute atomic E-state index is 13.3. The Morgan fingerprint density at radius 2 is 1.91 bits per heavy atom. The Kier molecular flexibility index (Phi) is 6.74. The van der Waals surface area contributed by atoms with E-state index in [9.17, 15) is 9.59 Å². The average Bonchev–Trinajstić information content (AvgIpc) is 3.52. The molecule has 0 radical (unpaired) electrons. The second-order valence-corrected chi connectivity index (χ2v) is 8.53. The van der Waals surface area contributed by atoms with Gasteiger partial charge in [-0.05, 0) is 48.2 Å². The van der Waals surface area contributed by atoms with Crippen LogP contribution >= 0.6 is 11.3 Å². The lowest BCUT2D eigenvalue weighted by Crippen LogP contribution is -2.32. The fourth-order valence-electron chi connectivity index (χ4n) is 3.76. The first-order chi connectivity index (χ1) is 16.0. The van der Waals surface area contributed by atoms with Crippen LogP contribution in [0.3, 0.4) is 0 Å². The lowest BCUT2D eigenvalue weighted by molar-refractivity contribution is -0.131. The third kappa shape index (κ3) is 4.90. The van der Waals surface area contributed by atoms with Crippen molar-refractivity contribution in [2.45, 2.75) is 19.4 Å². The number of nitrogens with one attached hydrogen (secondary N) is 1. The predicted octanol–water partition coefficient (Wildman–Crippen LogP) is 4.76. The summed E-state index contributed by atoms with van der Waals surface area (Å²) in [5.41, 5.74) is 3.08. The van der Waals surface area contributed by atoms with Crippen LogP contribution in [0.15, 0.2) is 65.1 Å². The Hall–Kier alpha value is -3.65. The van der Waals surface area contributed by atoms with Gasteiger partial charge in [0.25, 0.3) is 5.91 Å². The first-order valence-electron chi connectivity index (χ1n) is 10.5. The van der Waals surface area contributed by atoms with Gasteiger partial charge in [0.2, 0.25) is 0 Å². The third-order valence-corrected chi connectivity index (χ3v) is 6.40. The van der Waals surface area contributed by atoms with Crippen molar-refractivity contribution in [3.8, 4) is 11.5 Å². The summed E-state index contributed by atoms with van der Waals surface area (Å²) in [6.45, 7) is 1.56. The number of Topliss-reactive ketones (excluding diaryl/α,β-unsaturated/α-hetero) is 1. The summed E-state index contributed by atoms with van der Waals surface area (Å²) < 4.78 is 10.8. The fourth-order valence-corrected chi connectivity index (χ4v) is 4.48. The number of rotatable bonds is 8. The molecule has 1 N–H and O–H groups in total. The van der Waals surface area contributed by atoms with Crippen molar-refractivity contribution in [3.05, 3.63) is 76.0 Å². The molecule has 0 spiro atoms. The van der Waals surface area contributed by atoms with Crippen molar-refractivity contribution in [1.82, 2.24) is 5.01 Å². The first-order valence-corrected chi connectivity index (χ1v) is 11.4. The van der Waals surface area contributed by atoms with E-state index in [2.05, 4.69) is 10.4 Å². The predicted molar refractivity (Wildman–Crippen MR) is 130 cm³/mol.